The van der Waals surface area contributed by atoms with Gasteiger partial charge < -0.3 is 5.32 Å². The lowest BCUT2D eigenvalue weighted by atomic mass is 10.1. The summed E-state index contributed by atoms with van der Waals surface area (Å²) in [6, 6.07) is 3.74. The molecule has 0 radical (unpaired) electrons. The molecule has 5 nitrogen and oxygen atoms in total. The van der Waals surface area contributed by atoms with E-state index in [2.05, 4.69) is 20.4 Å². The first-order valence-electron chi connectivity index (χ1n) is 7.72. The van der Waals surface area contributed by atoms with Gasteiger partial charge in [0.05, 0.1) is 16.3 Å². The summed E-state index contributed by atoms with van der Waals surface area (Å²) in [5.41, 5.74) is 1.27. The van der Waals surface area contributed by atoms with Crippen LogP contribution >= 0.6 is 11.6 Å². The van der Waals surface area contributed by atoms with E-state index in [1.54, 1.807) is 11.4 Å². The quantitative estimate of drug-likeness (QED) is 0.732. The standard InChI is InChI=1S/C16H13ClF3N5/c1-8-21-15-23-13-4-2-3-10(13)14(25(15)24-8)22-9-5-6-12(17)11(7-9)16(18,19)20/h5-7,22H,2-4H2,1H3. The van der Waals surface area contributed by atoms with Crippen LogP contribution in [0.5, 0.6) is 0 Å². The first kappa shape index (κ1) is 16.1. The second kappa shape index (κ2) is 5.59. The van der Waals surface area contributed by atoms with Crippen molar-refractivity contribution in [2.24, 2.45) is 0 Å². The second-order valence-electron chi connectivity index (χ2n) is 5.93. The largest absolute Gasteiger partial charge is 0.417 e. The van der Waals surface area contributed by atoms with Gasteiger partial charge in [0, 0.05) is 11.3 Å². The molecule has 0 atom stereocenters. The first-order chi connectivity index (χ1) is 11.8. The van der Waals surface area contributed by atoms with Crippen molar-refractivity contribution in [1.29, 1.82) is 0 Å². The van der Waals surface area contributed by atoms with Crippen molar-refractivity contribution >= 4 is 28.9 Å². The monoisotopic (exact) mass is 367 g/mol. The van der Waals surface area contributed by atoms with E-state index in [-0.39, 0.29) is 10.7 Å². The van der Waals surface area contributed by atoms with E-state index < -0.39 is 11.7 Å². The van der Waals surface area contributed by atoms with E-state index in [1.807, 2.05) is 0 Å². The van der Waals surface area contributed by atoms with Gasteiger partial charge in [0.25, 0.3) is 5.78 Å². The molecule has 0 spiro atoms. The number of alkyl halides is 3. The molecule has 3 aromatic rings. The van der Waals surface area contributed by atoms with Gasteiger partial charge in [0.1, 0.15) is 11.6 Å². The summed E-state index contributed by atoms with van der Waals surface area (Å²) >= 11 is 5.69. The lowest BCUT2D eigenvalue weighted by Crippen LogP contribution is -2.09. The van der Waals surface area contributed by atoms with Crippen molar-refractivity contribution in [3.8, 4) is 0 Å². The van der Waals surface area contributed by atoms with E-state index in [0.717, 1.165) is 36.6 Å². The molecule has 1 aliphatic carbocycles. The minimum Gasteiger partial charge on any atom is -0.340 e. The Labute approximate surface area is 145 Å². The van der Waals surface area contributed by atoms with Gasteiger partial charge in [0.2, 0.25) is 0 Å². The van der Waals surface area contributed by atoms with Crippen LogP contribution in [-0.4, -0.2) is 19.6 Å². The number of hydrogen-bond donors (Lipinski definition) is 1. The molecule has 0 unspecified atom stereocenters. The summed E-state index contributed by atoms with van der Waals surface area (Å²) in [5, 5.41) is 7.04. The summed E-state index contributed by atoms with van der Waals surface area (Å²) in [6.45, 7) is 1.74. The highest BCUT2D eigenvalue weighted by atomic mass is 35.5. The van der Waals surface area contributed by atoms with Gasteiger partial charge in [-0.2, -0.15) is 22.7 Å². The van der Waals surface area contributed by atoms with E-state index in [0.29, 0.717) is 17.4 Å². The smallest absolute Gasteiger partial charge is 0.340 e. The van der Waals surface area contributed by atoms with Gasteiger partial charge in [-0.05, 0) is 44.4 Å². The highest BCUT2D eigenvalue weighted by Crippen LogP contribution is 2.37. The predicted octanol–water partition coefficient (Wildman–Crippen LogP) is 4.34. The van der Waals surface area contributed by atoms with Gasteiger partial charge in [-0.3, -0.25) is 0 Å². The molecule has 0 aliphatic heterocycles. The predicted molar refractivity (Wildman–Crippen MR) is 87.3 cm³/mol. The number of halogens is 4. The number of benzene rings is 1. The van der Waals surface area contributed by atoms with E-state index in [1.165, 1.54) is 12.1 Å². The van der Waals surface area contributed by atoms with E-state index in [4.69, 9.17) is 11.6 Å². The van der Waals surface area contributed by atoms with Crippen molar-refractivity contribution in [3.05, 3.63) is 45.9 Å². The average Bonchev–Trinajstić information content (AvgIpc) is 3.13. The Kier molecular flexibility index (Phi) is 3.61. The molecule has 0 fully saturated rings. The van der Waals surface area contributed by atoms with Gasteiger partial charge in [-0.15, -0.1) is 5.10 Å². The van der Waals surface area contributed by atoms with Gasteiger partial charge >= 0.3 is 6.18 Å². The van der Waals surface area contributed by atoms with E-state index in [9.17, 15) is 13.2 Å². The van der Waals surface area contributed by atoms with Crippen molar-refractivity contribution in [2.75, 3.05) is 5.32 Å². The number of nitrogens with one attached hydrogen (secondary N) is 1. The third-order valence-corrected chi connectivity index (χ3v) is 4.48. The number of rotatable bonds is 2. The van der Waals surface area contributed by atoms with Crippen LogP contribution in [0.2, 0.25) is 5.02 Å². The molecular formula is C16H13ClF3N5. The van der Waals surface area contributed by atoms with Crippen molar-refractivity contribution in [2.45, 2.75) is 32.4 Å². The molecule has 4 rings (SSSR count). The summed E-state index contributed by atoms with van der Waals surface area (Å²) < 4.78 is 40.8. The summed E-state index contributed by atoms with van der Waals surface area (Å²) in [7, 11) is 0. The minimum absolute atomic E-state index is 0.284. The zero-order chi connectivity index (χ0) is 17.8. The SMILES string of the molecule is Cc1nc2nc3c(c(Nc4ccc(Cl)c(C(F)(F)F)c4)n2n1)CCC3. The third-order valence-electron chi connectivity index (χ3n) is 4.15. The topological polar surface area (TPSA) is 55.1 Å². The van der Waals surface area contributed by atoms with Gasteiger partial charge in [-0.25, -0.2) is 4.98 Å². The Morgan fingerprint density at radius 2 is 2.00 bits per heavy atom. The second-order valence-corrected chi connectivity index (χ2v) is 6.33. The van der Waals surface area contributed by atoms with Crippen LogP contribution in [-0.2, 0) is 19.0 Å². The molecule has 2 aromatic heterocycles. The van der Waals surface area contributed by atoms with Crippen molar-refractivity contribution < 1.29 is 13.2 Å². The van der Waals surface area contributed by atoms with Gasteiger partial charge in [0.15, 0.2) is 0 Å². The summed E-state index contributed by atoms with van der Waals surface area (Å²) in [6.07, 6.45) is -1.97. The molecule has 130 valence electrons. The summed E-state index contributed by atoms with van der Waals surface area (Å²) in [5.74, 6) is 1.59. The van der Waals surface area contributed by atoms with Crippen LogP contribution in [0, 0.1) is 6.92 Å². The number of aromatic nitrogens is 4. The molecule has 9 heteroatoms. The first-order valence-corrected chi connectivity index (χ1v) is 8.09. The average molecular weight is 368 g/mol. The number of fused-ring (bicyclic) bond motifs is 2. The molecule has 1 aromatic carbocycles. The zero-order valence-corrected chi connectivity index (χ0v) is 13.9. The normalized spacial score (nSPS) is 14.1. The van der Waals surface area contributed by atoms with Crippen LogP contribution in [0.3, 0.4) is 0 Å². The van der Waals surface area contributed by atoms with Crippen molar-refractivity contribution in [3.63, 3.8) is 0 Å². The number of aryl methyl sites for hydroxylation is 2. The lowest BCUT2D eigenvalue weighted by molar-refractivity contribution is -0.137. The van der Waals surface area contributed by atoms with E-state index >= 15 is 0 Å². The van der Waals surface area contributed by atoms with Crippen LogP contribution in [0.4, 0.5) is 24.7 Å². The zero-order valence-electron chi connectivity index (χ0n) is 13.2. The van der Waals surface area contributed by atoms with Crippen LogP contribution in [0.15, 0.2) is 18.2 Å². The molecule has 1 N–H and O–H groups in total. The van der Waals surface area contributed by atoms with Crippen LogP contribution < -0.4 is 5.32 Å². The number of hydrogen-bond acceptors (Lipinski definition) is 4. The number of anilines is 2. The Balaban J connectivity index is 1.84. The molecular weight excluding hydrogens is 355 g/mol. The van der Waals surface area contributed by atoms with Crippen LogP contribution in [0.25, 0.3) is 5.78 Å². The maximum Gasteiger partial charge on any atom is 0.417 e. The maximum absolute atomic E-state index is 13.1. The number of nitrogens with zero attached hydrogens (tertiary/aromatic N) is 4. The fourth-order valence-electron chi connectivity index (χ4n) is 3.07. The summed E-state index contributed by atoms with van der Waals surface area (Å²) in [4.78, 5) is 8.76. The molecule has 0 saturated heterocycles. The third kappa shape index (κ3) is 2.80. The van der Waals surface area contributed by atoms with Crippen molar-refractivity contribution in [1.82, 2.24) is 19.6 Å². The molecule has 0 bridgehead atoms. The molecule has 25 heavy (non-hydrogen) atoms. The highest BCUT2D eigenvalue weighted by molar-refractivity contribution is 6.31. The molecule has 0 saturated carbocycles. The Bertz CT molecular complexity index is 980. The fourth-order valence-corrected chi connectivity index (χ4v) is 3.29. The Hall–Kier alpha value is -2.35. The highest BCUT2D eigenvalue weighted by Gasteiger charge is 2.33. The lowest BCUT2D eigenvalue weighted by Gasteiger charge is -2.15. The Morgan fingerprint density at radius 3 is 2.76 bits per heavy atom. The fraction of sp³-hybridized carbons (Fsp3) is 0.312. The van der Waals surface area contributed by atoms with Gasteiger partial charge in [-0.1, -0.05) is 11.6 Å². The molecule has 1 aliphatic rings. The maximum atomic E-state index is 13.1. The molecule has 0 amide bonds. The van der Waals surface area contributed by atoms with Crippen LogP contribution in [0.1, 0.15) is 29.1 Å². The molecule has 2 heterocycles. The minimum atomic E-state index is -4.52. The Morgan fingerprint density at radius 1 is 1.20 bits per heavy atom.